The number of hydrogen-bond donors (Lipinski definition) is 0. The van der Waals surface area contributed by atoms with Crippen molar-refractivity contribution in [3.63, 3.8) is 0 Å². The van der Waals surface area contributed by atoms with E-state index in [1.54, 1.807) is 18.3 Å². The molecule has 0 aliphatic heterocycles. The maximum atomic E-state index is 9.02. The second kappa shape index (κ2) is 4.95. The fraction of sp³-hybridized carbons (Fsp3) is 0.133. The van der Waals surface area contributed by atoms with E-state index < -0.39 is 0 Å². The van der Waals surface area contributed by atoms with Gasteiger partial charge in [-0.15, -0.1) is 11.6 Å². The molecule has 0 N–H and O–H groups in total. The van der Waals surface area contributed by atoms with E-state index in [0.717, 1.165) is 28.2 Å². The van der Waals surface area contributed by atoms with Crippen LogP contribution in [-0.4, -0.2) is 14.5 Å². The molecule has 98 valence electrons. The lowest BCUT2D eigenvalue weighted by Crippen LogP contribution is -2.00. The first-order valence-corrected chi connectivity index (χ1v) is 6.67. The molecule has 5 heteroatoms. The monoisotopic (exact) mass is 282 g/mol. The van der Waals surface area contributed by atoms with Gasteiger partial charge in [0.05, 0.1) is 23.2 Å². The van der Waals surface area contributed by atoms with Crippen molar-refractivity contribution >= 4 is 22.8 Å². The lowest BCUT2D eigenvalue weighted by atomic mass is 10.2. The number of fused-ring (bicyclic) bond motifs is 1. The lowest BCUT2D eigenvalue weighted by Gasteiger charge is -2.07. The van der Waals surface area contributed by atoms with E-state index in [4.69, 9.17) is 16.9 Å². The van der Waals surface area contributed by atoms with Gasteiger partial charge in [-0.1, -0.05) is 6.07 Å². The minimum atomic E-state index is 0.284. The van der Waals surface area contributed by atoms with Gasteiger partial charge in [0.15, 0.2) is 5.65 Å². The summed E-state index contributed by atoms with van der Waals surface area (Å²) in [6.07, 6.45) is 1.80. The molecule has 2 heterocycles. The molecule has 3 aromatic rings. The molecule has 0 radical (unpaired) electrons. The summed E-state index contributed by atoms with van der Waals surface area (Å²) in [7, 11) is 0. The molecule has 0 bridgehead atoms. The summed E-state index contributed by atoms with van der Waals surface area (Å²) in [6.45, 7) is 1.97. The van der Waals surface area contributed by atoms with E-state index >= 15 is 0 Å². The average Bonchev–Trinajstić information content (AvgIpc) is 2.84. The number of rotatable bonds is 2. The number of benzene rings is 1. The zero-order valence-electron chi connectivity index (χ0n) is 10.8. The first-order valence-electron chi connectivity index (χ1n) is 6.13. The van der Waals surface area contributed by atoms with Crippen LogP contribution in [0, 0.1) is 18.3 Å². The largest absolute Gasteiger partial charge is 0.280 e. The Morgan fingerprint density at radius 1 is 1.35 bits per heavy atom. The van der Waals surface area contributed by atoms with Crippen molar-refractivity contribution in [1.82, 2.24) is 14.5 Å². The van der Waals surface area contributed by atoms with Crippen LogP contribution in [0.3, 0.4) is 0 Å². The summed E-state index contributed by atoms with van der Waals surface area (Å²) in [6, 6.07) is 11.4. The molecule has 0 fully saturated rings. The Morgan fingerprint density at radius 2 is 2.20 bits per heavy atom. The van der Waals surface area contributed by atoms with E-state index in [-0.39, 0.29) is 5.88 Å². The van der Waals surface area contributed by atoms with Gasteiger partial charge in [-0.2, -0.15) is 5.26 Å². The molecule has 0 amide bonds. The minimum Gasteiger partial charge on any atom is -0.280 e. The van der Waals surface area contributed by atoms with Crippen molar-refractivity contribution in [3.8, 4) is 11.8 Å². The maximum absolute atomic E-state index is 9.02. The average molecular weight is 283 g/mol. The predicted molar refractivity (Wildman–Crippen MR) is 77.9 cm³/mol. The van der Waals surface area contributed by atoms with Crippen LogP contribution < -0.4 is 0 Å². The third-order valence-corrected chi connectivity index (χ3v) is 3.30. The Bertz CT molecular complexity index is 829. The summed E-state index contributed by atoms with van der Waals surface area (Å²) in [5.74, 6) is 1.00. The molecular weight excluding hydrogens is 272 g/mol. The smallest absolute Gasteiger partial charge is 0.164 e. The van der Waals surface area contributed by atoms with Crippen molar-refractivity contribution < 1.29 is 0 Å². The van der Waals surface area contributed by atoms with E-state index in [0.29, 0.717) is 5.56 Å². The molecule has 0 atom stereocenters. The molecule has 2 aromatic heterocycles. The first kappa shape index (κ1) is 12.6. The van der Waals surface area contributed by atoms with Gasteiger partial charge in [-0.05, 0) is 36.8 Å². The topological polar surface area (TPSA) is 54.5 Å². The fourth-order valence-electron chi connectivity index (χ4n) is 2.19. The van der Waals surface area contributed by atoms with Gasteiger partial charge in [0, 0.05) is 6.20 Å². The molecule has 3 rings (SSSR count). The Hall–Kier alpha value is -2.38. The van der Waals surface area contributed by atoms with Crippen LogP contribution in [0.15, 0.2) is 36.5 Å². The zero-order valence-corrected chi connectivity index (χ0v) is 11.6. The third kappa shape index (κ3) is 2.02. The van der Waals surface area contributed by atoms with E-state index in [1.165, 1.54) is 0 Å². The molecule has 1 aromatic carbocycles. The Kier molecular flexibility index (Phi) is 3.13. The quantitative estimate of drug-likeness (QED) is 0.677. The highest BCUT2D eigenvalue weighted by atomic mass is 35.5. The zero-order chi connectivity index (χ0) is 14.1. The normalized spacial score (nSPS) is 10.7. The highest BCUT2D eigenvalue weighted by molar-refractivity contribution is 6.16. The number of imidazole rings is 1. The number of aromatic nitrogens is 3. The van der Waals surface area contributed by atoms with E-state index in [2.05, 4.69) is 16.0 Å². The number of halogens is 1. The predicted octanol–water partition coefficient (Wildman–Crippen LogP) is 3.34. The molecule has 0 aliphatic rings. The molecule has 20 heavy (non-hydrogen) atoms. The molecule has 0 saturated heterocycles. The first-order chi connectivity index (χ1) is 9.72. The van der Waals surface area contributed by atoms with Gasteiger partial charge in [-0.3, -0.25) is 4.57 Å². The second-order valence-corrected chi connectivity index (χ2v) is 4.78. The number of hydrogen-bond acceptors (Lipinski definition) is 3. The molecule has 0 saturated carbocycles. The van der Waals surface area contributed by atoms with Gasteiger partial charge in [0.2, 0.25) is 0 Å². The fourth-order valence-corrected chi connectivity index (χ4v) is 2.37. The van der Waals surface area contributed by atoms with Crippen molar-refractivity contribution in [3.05, 3.63) is 53.5 Å². The van der Waals surface area contributed by atoms with Gasteiger partial charge in [0.1, 0.15) is 11.3 Å². The van der Waals surface area contributed by atoms with Crippen LogP contribution >= 0.6 is 11.6 Å². The number of nitriles is 1. The van der Waals surface area contributed by atoms with Crippen molar-refractivity contribution in [1.29, 1.82) is 5.26 Å². The number of alkyl halides is 1. The molecule has 0 unspecified atom stereocenters. The van der Waals surface area contributed by atoms with Crippen molar-refractivity contribution in [2.45, 2.75) is 12.8 Å². The van der Waals surface area contributed by atoms with Gasteiger partial charge in [-0.25, -0.2) is 9.97 Å². The van der Waals surface area contributed by atoms with Crippen LogP contribution in [0.4, 0.5) is 0 Å². The Morgan fingerprint density at radius 3 is 2.95 bits per heavy atom. The SMILES string of the molecule is Cc1cnc2c(c1)nc(CCl)n2-c1cccc(C#N)c1. The molecular formula is C15H11ClN4. The standard InChI is InChI=1S/C15H11ClN4/c1-10-5-13-15(18-9-10)20(14(7-16)19-13)12-4-2-3-11(6-12)8-17/h2-6,9H,7H2,1H3. The van der Waals surface area contributed by atoms with Gasteiger partial charge < -0.3 is 0 Å². The highest BCUT2D eigenvalue weighted by Crippen LogP contribution is 2.22. The third-order valence-electron chi connectivity index (χ3n) is 3.06. The van der Waals surface area contributed by atoms with Crippen LogP contribution in [0.2, 0.25) is 0 Å². The highest BCUT2D eigenvalue weighted by Gasteiger charge is 2.13. The number of aryl methyl sites for hydroxylation is 1. The van der Waals surface area contributed by atoms with Crippen LogP contribution in [0.1, 0.15) is 17.0 Å². The number of pyridine rings is 1. The summed E-state index contributed by atoms with van der Waals surface area (Å²) in [5, 5.41) is 9.02. The number of nitrogens with zero attached hydrogens (tertiary/aromatic N) is 4. The van der Waals surface area contributed by atoms with Crippen LogP contribution in [0.25, 0.3) is 16.9 Å². The Labute approximate surface area is 121 Å². The summed E-state index contributed by atoms with van der Waals surface area (Å²) >= 11 is 5.99. The summed E-state index contributed by atoms with van der Waals surface area (Å²) < 4.78 is 1.89. The lowest BCUT2D eigenvalue weighted by molar-refractivity contribution is 0.969. The summed E-state index contributed by atoms with van der Waals surface area (Å²) in [5.41, 5.74) is 4.05. The van der Waals surface area contributed by atoms with Gasteiger partial charge >= 0.3 is 0 Å². The second-order valence-electron chi connectivity index (χ2n) is 4.51. The van der Waals surface area contributed by atoms with Crippen LogP contribution in [0.5, 0.6) is 0 Å². The molecule has 4 nitrogen and oxygen atoms in total. The summed E-state index contributed by atoms with van der Waals surface area (Å²) in [4.78, 5) is 8.95. The van der Waals surface area contributed by atoms with E-state index in [9.17, 15) is 0 Å². The molecule has 0 aliphatic carbocycles. The minimum absolute atomic E-state index is 0.284. The Balaban J connectivity index is 2.31. The maximum Gasteiger partial charge on any atom is 0.164 e. The van der Waals surface area contributed by atoms with Crippen molar-refractivity contribution in [2.24, 2.45) is 0 Å². The van der Waals surface area contributed by atoms with E-state index in [1.807, 2.05) is 29.7 Å². The van der Waals surface area contributed by atoms with Crippen molar-refractivity contribution in [2.75, 3.05) is 0 Å². The molecule has 0 spiro atoms. The van der Waals surface area contributed by atoms with Gasteiger partial charge in [0.25, 0.3) is 0 Å². The van der Waals surface area contributed by atoms with Crippen LogP contribution in [-0.2, 0) is 5.88 Å².